The summed E-state index contributed by atoms with van der Waals surface area (Å²) < 4.78 is 5.65. The number of hydrogen-bond acceptors (Lipinski definition) is 3. The third-order valence-corrected chi connectivity index (χ3v) is 7.33. The molecule has 1 saturated heterocycles. The van der Waals surface area contributed by atoms with Gasteiger partial charge >= 0.3 is 0 Å². The Balaban J connectivity index is 1.25. The Morgan fingerprint density at radius 3 is 2.31 bits per heavy atom. The van der Waals surface area contributed by atoms with Crippen LogP contribution in [0.3, 0.4) is 0 Å². The lowest BCUT2D eigenvalue weighted by Crippen LogP contribution is -2.53. The van der Waals surface area contributed by atoms with Crippen LogP contribution in [0, 0.1) is 23.2 Å². The molecule has 4 saturated carbocycles. The van der Waals surface area contributed by atoms with E-state index in [0.29, 0.717) is 26.1 Å². The summed E-state index contributed by atoms with van der Waals surface area (Å²) in [6.45, 7) is 4.71. The number of nitrogens with one attached hydrogen (secondary N) is 1. The second kappa shape index (κ2) is 7.49. The van der Waals surface area contributed by atoms with E-state index in [1.807, 2.05) is 11.8 Å². The molecule has 0 aromatic heterocycles. The molecule has 5 nitrogen and oxygen atoms in total. The summed E-state index contributed by atoms with van der Waals surface area (Å²) >= 11 is 0. The molecule has 1 aliphatic heterocycles. The summed E-state index contributed by atoms with van der Waals surface area (Å²) in [5.74, 6) is 2.68. The van der Waals surface area contributed by atoms with Gasteiger partial charge in [-0.1, -0.05) is 0 Å². The third kappa shape index (κ3) is 3.64. The Kier molecular flexibility index (Phi) is 5.27. The monoisotopic (exact) mass is 362 g/mol. The summed E-state index contributed by atoms with van der Waals surface area (Å²) in [5.41, 5.74) is -0.111. The van der Waals surface area contributed by atoms with E-state index in [1.54, 1.807) is 0 Å². The standard InChI is InChI=1S/C21H34N2O3/c1-2-23(14-18-4-3-7-26-18)19(24)5-6-22-20(25)21-11-15-8-16(12-21)10-17(9-15)13-21/h15-18H,2-14H2,1H3,(H,22,25). The number of hydrogen-bond donors (Lipinski definition) is 1. The van der Waals surface area contributed by atoms with Crippen LogP contribution in [0.5, 0.6) is 0 Å². The number of rotatable bonds is 7. The van der Waals surface area contributed by atoms with Gasteiger partial charge in [0.25, 0.3) is 0 Å². The predicted octanol–water partition coefficient (Wildman–Crippen LogP) is 2.74. The zero-order chi connectivity index (χ0) is 18.1. The van der Waals surface area contributed by atoms with E-state index in [9.17, 15) is 9.59 Å². The lowest BCUT2D eigenvalue weighted by molar-refractivity contribution is -0.146. The fraction of sp³-hybridized carbons (Fsp3) is 0.905. The number of nitrogens with zero attached hydrogens (tertiary/aromatic N) is 1. The van der Waals surface area contributed by atoms with Gasteiger partial charge in [-0.2, -0.15) is 0 Å². The van der Waals surface area contributed by atoms with Gasteiger partial charge in [-0.15, -0.1) is 0 Å². The lowest BCUT2D eigenvalue weighted by atomic mass is 9.49. The van der Waals surface area contributed by atoms with Crippen molar-refractivity contribution >= 4 is 11.8 Å². The predicted molar refractivity (Wildman–Crippen MR) is 99.5 cm³/mol. The van der Waals surface area contributed by atoms with E-state index in [2.05, 4.69) is 5.32 Å². The molecule has 0 aromatic carbocycles. The molecule has 4 bridgehead atoms. The molecule has 5 fully saturated rings. The molecule has 1 unspecified atom stereocenters. The van der Waals surface area contributed by atoms with E-state index >= 15 is 0 Å². The Labute approximate surface area is 157 Å². The number of likely N-dealkylation sites (N-methyl/N-ethyl adjacent to an activating group) is 1. The molecular weight excluding hydrogens is 328 g/mol. The summed E-state index contributed by atoms with van der Waals surface area (Å²) in [6.07, 6.45) is 10.0. The summed E-state index contributed by atoms with van der Waals surface area (Å²) in [6, 6.07) is 0. The van der Waals surface area contributed by atoms with E-state index in [4.69, 9.17) is 4.74 Å². The second-order valence-corrected chi connectivity index (χ2v) is 9.27. The minimum atomic E-state index is -0.111. The first kappa shape index (κ1) is 18.3. The van der Waals surface area contributed by atoms with Crippen LogP contribution in [0.15, 0.2) is 0 Å². The van der Waals surface area contributed by atoms with E-state index in [1.165, 1.54) is 19.3 Å². The molecule has 5 aliphatic rings. The van der Waals surface area contributed by atoms with E-state index < -0.39 is 0 Å². The number of ether oxygens (including phenoxy) is 1. The average molecular weight is 363 g/mol. The van der Waals surface area contributed by atoms with E-state index in [0.717, 1.165) is 56.5 Å². The first-order valence-electron chi connectivity index (χ1n) is 10.8. The number of amides is 2. The van der Waals surface area contributed by atoms with Crippen molar-refractivity contribution in [3.05, 3.63) is 0 Å². The smallest absolute Gasteiger partial charge is 0.226 e. The van der Waals surface area contributed by atoms with Crippen molar-refractivity contribution in [1.29, 1.82) is 0 Å². The Bertz CT molecular complexity index is 506. The van der Waals surface area contributed by atoms with Crippen LogP contribution in [0.2, 0.25) is 0 Å². The van der Waals surface area contributed by atoms with Crippen LogP contribution in [0.4, 0.5) is 0 Å². The van der Waals surface area contributed by atoms with Gasteiger partial charge in [0.1, 0.15) is 0 Å². The van der Waals surface area contributed by atoms with Crippen molar-refractivity contribution in [2.45, 2.75) is 70.8 Å². The maximum Gasteiger partial charge on any atom is 0.226 e. The number of carbonyl (C=O) groups excluding carboxylic acids is 2. The maximum atomic E-state index is 12.9. The van der Waals surface area contributed by atoms with Crippen molar-refractivity contribution in [3.63, 3.8) is 0 Å². The summed E-state index contributed by atoms with van der Waals surface area (Å²) in [5, 5.41) is 3.13. The van der Waals surface area contributed by atoms with Crippen LogP contribution < -0.4 is 5.32 Å². The highest BCUT2D eigenvalue weighted by Crippen LogP contribution is 2.60. The van der Waals surface area contributed by atoms with Gasteiger partial charge in [-0.05, 0) is 76.0 Å². The zero-order valence-corrected chi connectivity index (χ0v) is 16.2. The number of carbonyl (C=O) groups is 2. The molecule has 0 radical (unpaired) electrons. The maximum absolute atomic E-state index is 12.9. The minimum absolute atomic E-state index is 0.111. The minimum Gasteiger partial charge on any atom is -0.376 e. The zero-order valence-electron chi connectivity index (χ0n) is 16.2. The molecule has 1 N–H and O–H groups in total. The van der Waals surface area contributed by atoms with Crippen molar-refractivity contribution < 1.29 is 14.3 Å². The topological polar surface area (TPSA) is 58.6 Å². The molecule has 26 heavy (non-hydrogen) atoms. The fourth-order valence-electron chi connectivity index (χ4n) is 6.46. The molecule has 146 valence electrons. The van der Waals surface area contributed by atoms with Crippen LogP contribution >= 0.6 is 0 Å². The fourth-order valence-corrected chi connectivity index (χ4v) is 6.46. The molecular formula is C21H34N2O3. The van der Waals surface area contributed by atoms with Crippen LogP contribution in [-0.2, 0) is 14.3 Å². The molecule has 1 atom stereocenters. The molecule has 2 amide bonds. The molecule has 4 aliphatic carbocycles. The molecule has 0 spiro atoms. The van der Waals surface area contributed by atoms with Gasteiger partial charge in [0.05, 0.1) is 6.10 Å². The highest BCUT2D eigenvalue weighted by Gasteiger charge is 2.54. The van der Waals surface area contributed by atoms with Crippen LogP contribution in [-0.4, -0.2) is 49.1 Å². The second-order valence-electron chi connectivity index (χ2n) is 9.27. The highest BCUT2D eigenvalue weighted by atomic mass is 16.5. The van der Waals surface area contributed by atoms with Gasteiger partial charge in [-0.25, -0.2) is 0 Å². The third-order valence-electron chi connectivity index (χ3n) is 7.33. The van der Waals surface area contributed by atoms with Gasteiger partial charge in [0.2, 0.25) is 11.8 Å². The van der Waals surface area contributed by atoms with Gasteiger partial charge in [-0.3, -0.25) is 9.59 Å². The molecule has 0 aromatic rings. The first-order valence-corrected chi connectivity index (χ1v) is 10.8. The Morgan fingerprint density at radius 2 is 1.77 bits per heavy atom. The average Bonchev–Trinajstić information content (AvgIpc) is 3.11. The van der Waals surface area contributed by atoms with Crippen molar-refractivity contribution in [2.75, 3.05) is 26.2 Å². The van der Waals surface area contributed by atoms with Crippen molar-refractivity contribution in [1.82, 2.24) is 10.2 Å². The van der Waals surface area contributed by atoms with Gasteiger partial charge in [0.15, 0.2) is 0 Å². The van der Waals surface area contributed by atoms with E-state index in [-0.39, 0.29) is 23.3 Å². The van der Waals surface area contributed by atoms with Crippen molar-refractivity contribution in [3.8, 4) is 0 Å². The van der Waals surface area contributed by atoms with Crippen LogP contribution in [0.1, 0.15) is 64.7 Å². The largest absolute Gasteiger partial charge is 0.376 e. The first-order chi connectivity index (χ1) is 12.6. The SMILES string of the molecule is CCN(CC1CCCO1)C(=O)CCNC(=O)C12CC3CC(CC(C3)C1)C2. The normalized spacial score (nSPS) is 37.7. The van der Waals surface area contributed by atoms with Gasteiger partial charge < -0.3 is 15.0 Å². The quantitative estimate of drug-likeness (QED) is 0.758. The Morgan fingerprint density at radius 1 is 1.12 bits per heavy atom. The summed E-state index contributed by atoms with van der Waals surface area (Å²) in [7, 11) is 0. The van der Waals surface area contributed by atoms with Crippen LogP contribution in [0.25, 0.3) is 0 Å². The molecule has 5 heteroatoms. The Hall–Kier alpha value is -1.10. The lowest BCUT2D eigenvalue weighted by Gasteiger charge is -2.55. The van der Waals surface area contributed by atoms with Crippen molar-refractivity contribution in [2.24, 2.45) is 23.2 Å². The molecule has 5 rings (SSSR count). The molecule has 1 heterocycles. The summed E-state index contributed by atoms with van der Waals surface area (Å²) in [4.78, 5) is 27.3. The van der Waals surface area contributed by atoms with Gasteiger partial charge in [0, 0.05) is 38.1 Å². The highest BCUT2D eigenvalue weighted by molar-refractivity contribution is 5.84.